The van der Waals surface area contributed by atoms with Crippen molar-refractivity contribution in [3.63, 3.8) is 0 Å². The van der Waals surface area contributed by atoms with Crippen LogP contribution in [0.25, 0.3) is 0 Å². The Hall–Kier alpha value is -1.32. The van der Waals surface area contributed by atoms with E-state index in [-0.39, 0.29) is 37.7 Å². The number of hydrogen-bond donors (Lipinski definition) is 6. The van der Waals surface area contributed by atoms with E-state index in [2.05, 4.69) is 28.6 Å². The molecule has 0 heterocycles. The van der Waals surface area contributed by atoms with E-state index in [1.165, 1.54) is 0 Å². The van der Waals surface area contributed by atoms with Gasteiger partial charge in [0.25, 0.3) is 0 Å². The number of hydrogen-bond acceptors (Lipinski definition) is 6. The van der Waals surface area contributed by atoms with Crippen LogP contribution in [0.1, 0.15) is 6.42 Å². The van der Waals surface area contributed by atoms with Crippen molar-refractivity contribution in [1.82, 2.24) is 16.0 Å². The summed E-state index contributed by atoms with van der Waals surface area (Å²) in [5.74, 6) is -2.02. The first-order valence-corrected chi connectivity index (χ1v) is 6.37. The molecule has 110 valence electrons. The van der Waals surface area contributed by atoms with Crippen molar-refractivity contribution < 1.29 is 24.6 Å². The van der Waals surface area contributed by atoms with E-state index in [4.69, 9.17) is 10.2 Å². The normalized spacial score (nSPS) is 11.8. The highest BCUT2D eigenvalue weighted by Gasteiger charge is 2.13. The first kappa shape index (κ1) is 17.7. The number of carboxylic acids is 2. The van der Waals surface area contributed by atoms with Crippen molar-refractivity contribution in [1.29, 1.82) is 0 Å². The lowest BCUT2D eigenvalue weighted by molar-refractivity contribution is -0.139. The molecule has 0 aliphatic rings. The van der Waals surface area contributed by atoms with Crippen LogP contribution in [0.5, 0.6) is 0 Å². The van der Waals surface area contributed by atoms with Crippen LogP contribution >= 0.6 is 12.6 Å². The maximum absolute atomic E-state index is 11.3. The zero-order chi connectivity index (χ0) is 14.7. The number of thiol groups is 1. The van der Waals surface area contributed by atoms with Crippen LogP contribution in [-0.2, 0) is 14.4 Å². The van der Waals surface area contributed by atoms with Crippen LogP contribution in [0.15, 0.2) is 0 Å². The molecular formula is C10H19N3O5S. The summed E-state index contributed by atoms with van der Waals surface area (Å²) < 4.78 is 0. The molecule has 0 aromatic heterocycles. The second kappa shape index (κ2) is 10.6. The maximum atomic E-state index is 11.3. The van der Waals surface area contributed by atoms with Crippen molar-refractivity contribution in [3.8, 4) is 0 Å². The molecule has 0 rings (SSSR count). The van der Waals surface area contributed by atoms with Gasteiger partial charge in [0.15, 0.2) is 0 Å². The number of carboxylic acid groups (broad SMARTS) is 2. The molecule has 0 aliphatic carbocycles. The van der Waals surface area contributed by atoms with Gasteiger partial charge in [0.1, 0.15) is 6.04 Å². The van der Waals surface area contributed by atoms with Crippen LogP contribution in [-0.4, -0.2) is 66.0 Å². The minimum atomic E-state index is -0.989. The van der Waals surface area contributed by atoms with Crippen molar-refractivity contribution in [2.24, 2.45) is 0 Å². The molecule has 1 unspecified atom stereocenters. The van der Waals surface area contributed by atoms with E-state index in [0.29, 0.717) is 6.54 Å². The summed E-state index contributed by atoms with van der Waals surface area (Å²) >= 11 is 3.88. The van der Waals surface area contributed by atoms with Gasteiger partial charge in [-0.3, -0.25) is 14.4 Å². The Bertz CT molecular complexity index is 314. The van der Waals surface area contributed by atoms with E-state index < -0.39 is 18.0 Å². The minimum Gasteiger partial charge on any atom is -0.481 e. The summed E-state index contributed by atoms with van der Waals surface area (Å²) in [4.78, 5) is 32.1. The van der Waals surface area contributed by atoms with Crippen LogP contribution in [0, 0.1) is 0 Å². The van der Waals surface area contributed by atoms with Gasteiger partial charge in [0.2, 0.25) is 5.91 Å². The van der Waals surface area contributed by atoms with Crippen molar-refractivity contribution in [2.45, 2.75) is 12.5 Å². The fourth-order valence-corrected chi connectivity index (χ4v) is 1.42. The van der Waals surface area contributed by atoms with E-state index >= 15 is 0 Å². The number of carbonyl (C=O) groups excluding carboxylic acids is 1. The molecule has 1 atom stereocenters. The van der Waals surface area contributed by atoms with Gasteiger partial charge in [-0.25, -0.2) is 0 Å². The molecule has 0 aliphatic heterocycles. The molecule has 19 heavy (non-hydrogen) atoms. The second-order valence-electron chi connectivity index (χ2n) is 3.70. The van der Waals surface area contributed by atoms with Crippen LogP contribution in [0.3, 0.4) is 0 Å². The maximum Gasteiger partial charge on any atom is 0.321 e. The molecule has 0 radical (unpaired) electrons. The number of amides is 1. The zero-order valence-corrected chi connectivity index (χ0v) is 11.3. The standard InChI is InChI=1S/C10H19N3O5S/c14-8(5-11-2-1-9(15)16)13-4-3-12-7(6-19)10(17)18/h7,11-12,19H,1-6H2,(H,13,14)(H,15,16)(H,17,18). The Morgan fingerprint density at radius 2 is 1.79 bits per heavy atom. The van der Waals surface area contributed by atoms with Gasteiger partial charge < -0.3 is 26.2 Å². The Balaban J connectivity index is 3.53. The third-order valence-electron chi connectivity index (χ3n) is 2.12. The summed E-state index contributed by atoms with van der Waals surface area (Å²) in [6.07, 6.45) is -0.0446. The Kier molecular flexibility index (Phi) is 9.85. The van der Waals surface area contributed by atoms with Gasteiger partial charge in [0, 0.05) is 25.4 Å². The van der Waals surface area contributed by atoms with Crippen LogP contribution < -0.4 is 16.0 Å². The molecule has 0 aromatic rings. The van der Waals surface area contributed by atoms with Gasteiger partial charge in [-0.2, -0.15) is 12.6 Å². The van der Waals surface area contributed by atoms with Crippen molar-refractivity contribution in [3.05, 3.63) is 0 Å². The molecule has 0 bridgehead atoms. The largest absolute Gasteiger partial charge is 0.481 e. The minimum absolute atomic E-state index is 0.0300. The molecule has 0 aromatic carbocycles. The summed E-state index contributed by atoms with van der Waals surface area (Å²) in [5, 5.41) is 25.0. The molecule has 8 nitrogen and oxygen atoms in total. The molecule has 0 spiro atoms. The van der Waals surface area contributed by atoms with E-state index in [9.17, 15) is 14.4 Å². The molecule has 0 saturated heterocycles. The number of rotatable bonds is 11. The summed E-state index contributed by atoms with van der Waals surface area (Å²) in [7, 11) is 0. The fourth-order valence-electron chi connectivity index (χ4n) is 1.14. The zero-order valence-electron chi connectivity index (χ0n) is 10.4. The average molecular weight is 293 g/mol. The third-order valence-corrected chi connectivity index (χ3v) is 2.48. The Morgan fingerprint density at radius 3 is 2.32 bits per heavy atom. The molecule has 0 fully saturated rings. The van der Waals surface area contributed by atoms with Gasteiger partial charge in [0.05, 0.1) is 13.0 Å². The first-order valence-electron chi connectivity index (χ1n) is 5.73. The lowest BCUT2D eigenvalue weighted by Crippen LogP contribution is -2.43. The molecule has 5 N–H and O–H groups in total. The summed E-state index contributed by atoms with van der Waals surface area (Å²) in [6.45, 7) is 0.860. The predicted octanol–water partition coefficient (Wildman–Crippen LogP) is -1.86. The Morgan fingerprint density at radius 1 is 1.11 bits per heavy atom. The van der Waals surface area contributed by atoms with Crippen LogP contribution in [0.4, 0.5) is 0 Å². The molecule has 1 amide bonds. The summed E-state index contributed by atoms with van der Waals surface area (Å²) in [5.41, 5.74) is 0. The second-order valence-corrected chi connectivity index (χ2v) is 4.06. The lowest BCUT2D eigenvalue weighted by Gasteiger charge is -2.12. The first-order chi connectivity index (χ1) is 8.97. The van der Waals surface area contributed by atoms with Crippen molar-refractivity contribution in [2.75, 3.05) is 31.9 Å². The van der Waals surface area contributed by atoms with E-state index in [1.54, 1.807) is 0 Å². The fraction of sp³-hybridized carbons (Fsp3) is 0.700. The monoisotopic (exact) mass is 293 g/mol. The quantitative estimate of drug-likeness (QED) is 0.195. The average Bonchev–Trinajstić information content (AvgIpc) is 2.34. The lowest BCUT2D eigenvalue weighted by atomic mass is 10.3. The van der Waals surface area contributed by atoms with Crippen LogP contribution in [0.2, 0.25) is 0 Å². The number of nitrogens with one attached hydrogen (secondary N) is 3. The number of carbonyl (C=O) groups is 3. The highest BCUT2D eigenvalue weighted by Crippen LogP contribution is 1.86. The number of aliphatic carboxylic acids is 2. The predicted molar refractivity (Wildman–Crippen MR) is 71.4 cm³/mol. The van der Waals surface area contributed by atoms with Gasteiger partial charge >= 0.3 is 11.9 Å². The van der Waals surface area contributed by atoms with Gasteiger partial charge in [-0.1, -0.05) is 0 Å². The van der Waals surface area contributed by atoms with E-state index in [1.807, 2.05) is 0 Å². The Labute approximate surface area is 116 Å². The molecule has 0 saturated carbocycles. The topological polar surface area (TPSA) is 128 Å². The third kappa shape index (κ3) is 10.3. The SMILES string of the molecule is O=C(O)CCNCC(=O)NCCNC(CS)C(=O)O. The molecular weight excluding hydrogens is 274 g/mol. The van der Waals surface area contributed by atoms with Gasteiger partial charge in [-0.15, -0.1) is 0 Å². The molecule has 9 heteroatoms. The van der Waals surface area contributed by atoms with Gasteiger partial charge in [-0.05, 0) is 0 Å². The smallest absolute Gasteiger partial charge is 0.321 e. The summed E-state index contributed by atoms with van der Waals surface area (Å²) in [6, 6.07) is -0.742. The highest BCUT2D eigenvalue weighted by atomic mass is 32.1. The highest BCUT2D eigenvalue weighted by molar-refractivity contribution is 7.80. The van der Waals surface area contributed by atoms with E-state index in [0.717, 1.165) is 0 Å². The van der Waals surface area contributed by atoms with Crippen molar-refractivity contribution >= 4 is 30.5 Å².